The minimum atomic E-state index is -4.04. The van der Waals surface area contributed by atoms with E-state index in [4.69, 9.17) is 0 Å². The predicted octanol–water partition coefficient (Wildman–Crippen LogP) is 4.59. The zero-order valence-corrected chi connectivity index (χ0v) is 13.1. The standard InChI is InChI=1S/C14H25F3O3S/c1-2-12-20-21(18,19)13-10-8-6-4-3-5-7-9-11-14(15,16)17/h2H,1,3-13H2. The van der Waals surface area contributed by atoms with E-state index < -0.39 is 22.7 Å². The van der Waals surface area contributed by atoms with Crippen molar-refractivity contribution in [3.63, 3.8) is 0 Å². The number of alkyl halides is 3. The first kappa shape index (κ1) is 20.4. The molecule has 0 radical (unpaired) electrons. The molecule has 0 N–H and O–H groups in total. The highest BCUT2D eigenvalue weighted by atomic mass is 32.2. The SMILES string of the molecule is C=CCOS(=O)(=O)CCCCCCCCCCC(F)(F)F. The molecule has 0 atom stereocenters. The van der Waals surface area contributed by atoms with Gasteiger partial charge in [-0.2, -0.15) is 21.6 Å². The minimum absolute atomic E-state index is 0.000257. The van der Waals surface area contributed by atoms with Crippen molar-refractivity contribution in [2.75, 3.05) is 12.4 Å². The van der Waals surface area contributed by atoms with Crippen molar-refractivity contribution in [2.45, 2.75) is 64.0 Å². The fourth-order valence-corrected chi connectivity index (χ4v) is 2.85. The van der Waals surface area contributed by atoms with E-state index in [1.165, 1.54) is 6.08 Å². The number of hydrogen-bond donors (Lipinski definition) is 0. The summed E-state index contributed by atoms with van der Waals surface area (Å²) >= 11 is 0. The fraction of sp³-hybridized carbons (Fsp3) is 0.857. The van der Waals surface area contributed by atoms with Gasteiger partial charge in [0, 0.05) is 6.42 Å². The lowest BCUT2D eigenvalue weighted by Crippen LogP contribution is -2.10. The molecule has 0 aliphatic rings. The molecule has 0 spiro atoms. The van der Waals surface area contributed by atoms with Gasteiger partial charge >= 0.3 is 6.18 Å². The first-order chi connectivity index (χ1) is 9.77. The summed E-state index contributed by atoms with van der Waals surface area (Å²) in [5, 5.41) is 0. The topological polar surface area (TPSA) is 43.4 Å². The van der Waals surface area contributed by atoms with Crippen LogP contribution in [0.2, 0.25) is 0 Å². The van der Waals surface area contributed by atoms with Gasteiger partial charge in [-0.15, -0.1) is 6.58 Å². The average Bonchev–Trinajstić information content (AvgIpc) is 2.37. The van der Waals surface area contributed by atoms with E-state index in [0.29, 0.717) is 12.8 Å². The van der Waals surface area contributed by atoms with Crippen molar-refractivity contribution in [1.29, 1.82) is 0 Å². The fourth-order valence-electron chi connectivity index (χ4n) is 1.88. The van der Waals surface area contributed by atoms with E-state index in [9.17, 15) is 21.6 Å². The first-order valence-electron chi connectivity index (χ1n) is 7.31. The summed E-state index contributed by atoms with van der Waals surface area (Å²) in [6, 6.07) is 0. The van der Waals surface area contributed by atoms with Gasteiger partial charge in [0.15, 0.2) is 0 Å². The van der Waals surface area contributed by atoms with Crippen LogP contribution in [-0.2, 0) is 14.3 Å². The molecule has 0 unspecified atom stereocenters. The zero-order chi connectivity index (χ0) is 16.2. The Morgan fingerprint density at radius 2 is 1.38 bits per heavy atom. The van der Waals surface area contributed by atoms with Gasteiger partial charge in [0.2, 0.25) is 0 Å². The van der Waals surface area contributed by atoms with Crippen LogP contribution in [0.25, 0.3) is 0 Å². The summed E-state index contributed by atoms with van der Waals surface area (Å²) in [5.74, 6) is 0.00637. The predicted molar refractivity (Wildman–Crippen MR) is 77.5 cm³/mol. The summed E-state index contributed by atoms with van der Waals surface area (Å²) in [6.07, 6.45) is 2.31. The van der Waals surface area contributed by atoms with Crippen molar-refractivity contribution in [1.82, 2.24) is 0 Å². The Kier molecular flexibility index (Phi) is 10.8. The van der Waals surface area contributed by atoms with Gasteiger partial charge in [-0.25, -0.2) is 0 Å². The quantitative estimate of drug-likeness (QED) is 0.282. The highest BCUT2D eigenvalue weighted by Gasteiger charge is 2.25. The molecule has 0 aliphatic carbocycles. The van der Waals surface area contributed by atoms with E-state index in [1.54, 1.807) is 0 Å². The van der Waals surface area contributed by atoms with E-state index in [0.717, 1.165) is 32.1 Å². The van der Waals surface area contributed by atoms with Gasteiger partial charge in [-0.1, -0.05) is 44.6 Å². The Bertz CT molecular complexity index is 364. The van der Waals surface area contributed by atoms with E-state index in [1.807, 2.05) is 0 Å². The maximum atomic E-state index is 11.9. The lowest BCUT2D eigenvalue weighted by molar-refractivity contribution is -0.135. The molecule has 3 nitrogen and oxygen atoms in total. The molecule has 21 heavy (non-hydrogen) atoms. The zero-order valence-electron chi connectivity index (χ0n) is 12.3. The summed E-state index contributed by atoms with van der Waals surface area (Å²) in [6.45, 7) is 3.38. The Labute approximate surface area is 125 Å². The van der Waals surface area contributed by atoms with Gasteiger partial charge in [0.05, 0.1) is 12.4 Å². The molecule has 0 aliphatic heterocycles. The molecule has 0 aromatic carbocycles. The number of hydrogen-bond acceptors (Lipinski definition) is 3. The van der Waals surface area contributed by atoms with Gasteiger partial charge in [0.25, 0.3) is 10.1 Å². The highest BCUT2D eigenvalue weighted by molar-refractivity contribution is 7.86. The molecule has 0 saturated carbocycles. The van der Waals surface area contributed by atoms with Crippen molar-refractivity contribution in [2.24, 2.45) is 0 Å². The van der Waals surface area contributed by atoms with Crippen LogP contribution in [0.5, 0.6) is 0 Å². The highest BCUT2D eigenvalue weighted by Crippen LogP contribution is 2.23. The van der Waals surface area contributed by atoms with Crippen LogP contribution in [0.4, 0.5) is 13.2 Å². The van der Waals surface area contributed by atoms with E-state index in [-0.39, 0.29) is 18.8 Å². The van der Waals surface area contributed by atoms with Crippen LogP contribution >= 0.6 is 0 Å². The van der Waals surface area contributed by atoms with E-state index >= 15 is 0 Å². The number of rotatable bonds is 13. The molecular formula is C14H25F3O3S. The van der Waals surface area contributed by atoms with Gasteiger partial charge in [0.1, 0.15) is 0 Å². The molecule has 0 rings (SSSR count). The molecule has 126 valence electrons. The maximum Gasteiger partial charge on any atom is 0.389 e. The Hall–Kier alpha value is -0.560. The second-order valence-corrected chi connectivity index (χ2v) is 6.79. The van der Waals surface area contributed by atoms with Crippen LogP contribution < -0.4 is 0 Å². The smallest absolute Gasteiger partial charge is 0.266 e. The largest absolute Gasteiger partial charge is 0.389 e. The number of unbranched alkanes of at least 4 members (excludes halogenated alkanes) is 7. The average molecular weight is 330 g/mol. The molecule has 0 heterocycles. The molecule has 0 aromatic rings. The van der Waals surface area contributed by atoms with Crippen molar-refractivity contribution < 1.29 is 25.8 Å². The molecule has 0 bridgehead atoms. The minimum Gasteiger partial charge on any atom is -0.266 e. The first-order valence-corrected chi connectivity index (χ1v) is 8.89. The third kappa shape index (κ3) is 15.6. The lowest BCUT2D eigenvalue weighted by atomic mass is 10.1. The lowest BCUT2D eigenvalue weighted by Gasteiger charge is -2.06. The number of halogens is 3. The Balaban J connectivity index is 3.35. The van der Waals surface area contributed by atoms with E-state index in [2.05, 4.69) is 10.8 Å². The van der Waals surface area contributed by atoms with Crippen LogP contribution in [0.1, 0.15) is 57.8 Å². The molecule has 0 saturated heterocycles. The Morgan fingerprint density at radius 3 is 1.86 bits per heavy atom. The second-order valence-electron chi connectivity index (χ2n) is 5.03. The molecule has 0 amide bonds. The van der Waals surface area contributed by atoms with Gasteiger partial charge in [-0.3, -0.25) is 4.18 Å². The van der Waals surface area contributed by atoms with Crippen molar-refractivity contribution in [3.05, 3.63) is 12.7 Å². The van der Waals surface area contributed by atoms with Crippen LogP contribution in [0.15, 0.2) is 12.7 Å². The second kappa shape index (κ2) is 11.1. The van der Waals surface area contributed by atoms with Gasteiger partial charge < -0.3 is 0 Å². The Morgan fingerprint density at radius 1 is 0.905 bits per heavy atom. The van der Waals surface area contributed by atoms with Crippen molar-refractivity contribution in [3.8, 4) is 0 Å². The maximum absolute atomic E-state index is 11.9. The molecule has 0 aromatic heterocycles. The summed E-state index contributed by atoms with van der Waals surface area (Å²) in [5.41, 5.74) is 0. The van der Waals surface area contributed by atoms with Crippen molar-refractivity contribution >= 4 is 10.1 Å². The van der Waals surface area contributed by atoms with Crippen LogP contribution in [0.3, 0.4) is 0 Å². The third-order valence-corrected chi connectivity index (χ3v) is 4.25. The molecule has 7 heteroatoms. The molecule has 0 fully saturated rings. The molecular weight excluding hydrogens is 305 g/mol. The summed E-state index contributed by atoms with van der Waals surface area (Å²) < 4.78 is 62.9. The van der Waals surface area contributed by atoms with Gasteiger partial charge in [-0.05, 0) is 12.8 Å². The third-order valence-electron chi connectivity index (χ3n) is 2.97. The normalized spacial score (nSPS) is 12.5. The summed E-state index contributed by atoms with van der Waals surface area (Å²) in [7, 11) is -3.44. The monoisotopic (exact) mass is 330 g/mol. The summed E-state index contributed by atoms with van der Waals surface area (Å²) in [4.78, 5) is 0. The van der Waals surface area contributed by atoms with Crippen LogP contribution in [0, 0.1) is 0 Å². The van der Waals surface area contributed by atoms with Crippen LogP contribution in [-0.4, -0.2) is 27.0 Å².